The number of aryl methyl sites for hydroxylation is 1. The van der Waals surface area contributed by atoms with Gasteiger partial charge in [-0.05, 0) is 13.8 Å². The zero-order valence-corrected chi connectivity index (χ0v) is 10.0. The van der Waals surface area contributed by atoms with Gasteiger partial charge in [-0.25, -0.2) is 4.98 Å². The summed E-state index contributed by atoms with van der Waals surface area (Å²) in [6.45, 7) is 8.84. The van der Waals surface area contributed by atoms with Crippen LogP contribution in [0.2, 0.25) is 0 Å². The summed E-state index contributed by atoms with van der Waals surface area (Å²) in [6, 6.07) is 0.360. The summed E-state index contributed by atoms with van der Waals surface area (Å²) in [7, 11) is 0. The van der Waals surface area contributed by atoms with Crippen molar-refractivity contribution in [2.24, 2.45) is 0 Å². The van der Waals surface area contributed by atoms with Crippen LogP contribution in [0.4, 0.5) is 5.95 Å². The third kappa shape index (κ3) is 2.54. The first kappa shape index (κ1) is 11.4. The van der Waals surface area contributed by atoms with E-state index >= 15 is 0 Å². The van der Waals surface area contributed by atoms with Crippen LogP contribution in [0.3, 0.4) is 0 Å². The number of aromatic nitrogens is 2. The summed E-state index contributed by atoms with van der Waals surface area (Å²) in [6.07, 6.45) is 2.01. The fourth-order valence-electron chi connectivity index (χ4n) is 2.13. The van der Waals surface area contributed by atoms with Gasteiger partial charge in [0.05, 0.1) is 18.9 Å². The van der Waals surface area contributed by atoms with Crippen LogP contribution in [0.25, 0.3) is 0 Å². The molecule has 90 valence electrons. The molecule has 0 amide bonds. The first-order valence-corrected chi connectivity index (χ1v) is 5.78. The predicted octanol–water partition coefficient (Wildman–Crippen LogP) is 0.667. The second-order valence-electron chi connectivity index (χ2n) is 4.41. The molecule has 1 aliphatic rings. The monoisotopic (exact) mass is 224 g/mol. The van der Waals surface area contributed by atoms with Gasteiger partial charge in [0.1, 0.15) is 0 Å². The summed E-state index contributed by atoms with van der Waals surface area (Å²) in [5.74, 6) is 0.609. The Labute approximate surface area is 96.2 Å². The Kier molecular flexibility index (Phi) is 3.46. The van der Waals surface area contributed by atoms with Gasteiger partial charge in [-0.15, -0.1) is 0 Å². The first-order valence-electron chi connectivity index (χ1n) is 5.78. The molecule has 0 spiro atoms. The van der Waals surface area contributed by atoms with E-state index in [4.69, 9.17) is 10.5 Å². The summed E-state index contributed by atoms with van der Waals surface area (Å²) < 4.78 is 7.38. The minimum atomic E-state index is 0.360. The number of morpholine rings is 1. The quantitative estimate of drug-likeness (QED) is 0.819. The lowest BCUT2D eigenvalue weighted by atomic mass is 10.3. The molecule has 1 aliphatic heterocycles. The molecule has 1 fully saturated rings. The van der Waals surface area contributed by atoms with Crippen molar-refractivity contribution in [1.82, 2.24) is 14.5 Å². The number of nitrogens with zero attached hydrogens (tertiary/aromatic N) is 3. The normalized spacial score (nSPS) is 19.9. The molecular weight excluding hydrogens is 204 g/mol. The number of hydrogen-bond donors (Lipinski definition) is 1. The highest BCUT2D eigenvalue weighted by Crippen LogP contribution is 2.15. The van der Waals surface area contributed by atoms with Crippen molar-refractivity contribution in [3.63, 3.8) is 0 Å². The minimum Gasteiger partial charge on any atom is -0.379 e. The van der Waals surface area contributed by atoms with Gasteiger partial charge in [0.15, 0.2) is 0 Å². The van der Waals surface area contributed by atoms with Crippen LogP contribution in [0.15, 0.2) is 6.20 Å². The number of nitrogens with two attached hydrogens (primary N) is 1. The standard InChI is InChI=1S/C11H20N4O/c1-9-7-15(11(12)13-9)10(2)8-14-3-5-16-6-4-14/h7,10H,3-6,8H2,1-2H3,(H2,12,13). The van der Waals surface area contributed by atoms with Crippen LogP contribution in [0, 0.1) is 6.92 Å². The average molecular weight is 224 g/mol. The van der Waals surface area contributed by atoms with Crippen molar-refractivity contribution < 1.29 is 4.74 Å². The van der Waals surface area contributed by atoms with Gasteiger partial charge in [-0.1, -0.05) is 0 Å². The molecule has 0 saturated carbocycles. The minimum absolute atomic E-state index is 0.360. The highest BCUT2D eigenvalue weighted by molar-refractivity contribution is 5.22. The molecule has 0 radical (unpaired) electrons. The van der Waals surface area contributed by atoms with E-state index in [9.17, 15) is 0 Å². The fourth-order valence-corrected chi connectivity index (χ4v) is 2.13. The Morgan fingerprint density at radius 3 is 2.75 bits per heavy atom. The maximum Gasteiger partial charge on any atom is 0.200 e. The van der Waals surface area contributed by atoms with Crippen LogP contribution in [-0.2, 0) is 4.74 Å². The van der Waals surface area contributed by atoms with E-state index in [1.807, 2.05) is 17.7 Å². The molecule has 2 rings (SSSR count). The topological polar surface area (TPSA) is 56.3 Å². The number of rotatable bonds is 3. The molecular formula is C11H20N4O. The van der Waals surface area contributed by atoms with Crippen LogP contribution in [0.1, 0.15) is 18.7 Å². The maximum absolute atomic E-state index is 5.86. The molecule has 1 saturated heterocycles. The van der Waals surface area contributed by atoms with Crippen LogP contribution in [0.5, 0.6) is 0 Å². The molecule has 2 N–H and O–H groups in total. The lowest BCUT2D eigenvalue weighted by Gasteiger charge is -2.29. The molecule has 0 aliphatic carbocycles. The molecule has 1 aromatic rings. The summed E-state index contributed by atoms with van der Waals surface area (Å²) in [5.41, 5.74) is 6.83. The maximum atomic E-state index is 5.86. The number of ether oxygens (including phenoxy) is 1. The summed E-state index contributed by atoms with van der Waals surface area (Å²) >= 11 is 0. The van der Waals surface area contributed by atoms with Crippen LogP contribution < -0.4 is 5.73 Å². The molecule has 1 atom stereocenters. The molecule has 2 heterocycles. The number of nitrogen functional groups attached to an aromatic ring is 1. The van der Waals surface area contributed by atoms with Crippen LogP contribution in [-0.4, -0.2) is 47.3 Å². The van der Waals surface area contributed by atoms with Gasteiger partial charge in [0, 0.05) is 31.9 Å². The average Bonchev–Trinajstić information content (AvgIpc) is 2.59. The molecule has 1 aromatic heterocycles. The highest BCUT2D eigenvalue weighted by Gasteiger charge is 2.16. The summed E-state index contributed by atoms with van der Waals surface area (Å²) in [4.78, 5) is 6.63. The van der Waals surface area contributed by atoms with Crippen molar-refractivity contribution in [1.29, 1.82) is 0 Å². The van der Waals surface area contributed by atoms with Crippen molar-refractivity contribution in [2.75, 3.05) is 38.6 Å². The van der Waals surface area contributed by atoms with Crippen molar-refractivity contribution in [3.8, 4) is 0 Å². The van der Waals surface area contributed by atoms with E-state index in [1.165, 1.54) is 0 Å². The lowest BCUT2D eigenvalue weighted by molar-refractivity contribution is 0.0327. The number of imidazole rings is 1. The molecule has 0 bridgehead atoms. The second-order valence-corrected chi connectivity index (χ2v) is 4.41. The Morgan fingerprint density at radius 1 is 1.50 bits per heavy atom. The van der Waals surface area contributed by atoms with E-state index < -0.39 is 0 Å². The van der Waals surface area contributed by atoms with Crippen molar-refractivity contribution >= 4 is 5.95 Å². The summed E-state index contributed by atoms with van der Waals surface area (Å²) in [5, 5.41) is 0. The number of anilines is 1. The van der Waals surface area contributed by atoms with Gasteiger partial charge in [-0.3, -0.25) is 4.90 Å². The van der Waals surface area contributed by atoms with E-state index in [2.05, 4.69) is 16.8 Å². The first-order chi connectivity index (χ1) is 7.66. The Hall–Kier alpha value is -1.07. The Balaban J connectivity index is 1.96. The SMILES string of the molecule is Cc1cn(C(C)CN2CCOCC2)c(N)n1. The molecule has 5 heteroatoms. The van der Waals surface area contributed by atoms with Gasteiger partial charge >= 0.3 is 0 Å². The Bertz CT molecular complexity index is 344. The highest BCUT2D eigenvalue weighted by atomic mass is 16.5. The largest absolute Gasteiger partial charge is 0.379 e. The second kappa shape index (κ2) is 4.84. The van der Waals surface area contributed by atoms with Gasteiger partial charge in [0.2, 0.25) is 5.95 Å². The predicted molar refractivity (Wildman–Crippen MR) is 63.3 cm³/mol. The number of hydrogen-bond acceptors (Lipinski definition) is 4. The van der Waals surface area contributed by atoms with E-state index in [0.717, 1.165) is 38.5 Å². The van der Waals surface area contributed by atoms with E-state index in [0.29, 0.717) is 12.0 Å². The van der Waals surface area contributed by atoms with Gasteiger partial charge < -0.3 is 15.0 Å². The van der Waals surface area contributed by atoms with Crippen LogP contribution >= 0.6 is 0 Å². The lowest BCUT2D eigenvalue weighted by Crippen LogP contribution is -2.39. The van der Waals surface area contributed by atoms with Gasteiger partial charge in [-0.2, -0.15) is 0 Å². The van der Waals surface area contributed by atoms with Gasteiger partial charge in [0.25, 0.3) is 0 Å². The third-order valence-corrected chi connectivity index (χ3v) is 2.98. The van der Waals surface area contributed by atoms with E-state index in [1.54, 1.807) is 0 Å². The third-order valence-electron chi connectivity index (χ3n) is 2.98. The molecule has 16 heavy (non-hydrogen) atoms. The zero-order chi connectivity index (χ0) is 11.5. The van der Waals surface area contributed by atoms with Crippen molar-refractivity contribution in [2.45, 2.75) is 19.9 Å². The fraction of sp³-hybridized carbons (Fsp3) is 0.727. The zero-order valence-electron chi connectivity index (χ0n) is 10.0. The van der Waals surface area contributed by atoms with E-state index in [-0.39, 0.29) is 0 Å². The van der Waals surface area contributed by atoms with Crippen molar-refractivity contribution in [3.05, 3.63) is 11.9 Å². The Morgan fingerprint density at radius 2 is 2.19 bits per heavy atom. The molecule has 5 nitrogen and oxygen atoms in total. The molecule has 0 aromatic carbocycles. The smallest absolute Gasteiger partial charge is 0.200 e. The molecule has 1 unspecified atom stereocenters.